The summed E-state index contributed by atoms with van der Waals surface area (Å²) < 4.78 is 0. The van der Waals surface area contributed by atoms with Crippen molar-refractivity contribution in [1.82, 2.24) is 0 Å². The summed E-state index contributed by atoms with van der Waals surface area (Å²) in [5.41, 5.74) is 1.35. The zero-order valence-corrected chi connectivity index (χ0v) is 11.2. The predicted molar refractivity (Wildman–Crippen MR) is 77.6 cm³/mol. The molecule has 17 heavy (non-hydrogen) atoms. The molecule has 94 valence electrons. The first-order chi connectivity index (χ1) is 8.34. The van der Waals surface area contributed by atoms with E-state index >= 15 is 0 Å². The van der Waals surface area contributed by atoms with Gasteiger partial charge in [0.2, 0.25) is 0 Å². The average Bonchev–Trinajstić information content (AvgIpc) is 2.30. The van der Waals surface area contributed by atoms with Gasteiger partial charge in [-0.25, -0.2) is 0 Å². The van der Waals surface area contributed by atoms with Crippen molar-refractivity contribution in [3.05, 3.63) is 36.5 Å². The van der Waals surface area contributed by atoms with Crippen LogP contribution in [0.2, 0.25) is 0 Å². The van der Waals surface area contributed by atoms with Gasteiger partial charge in [-0.3, -0.25) is 4.99 Å². The summed E-state index contributed by atoms with van der Waals surface area (Å²) >= 11 is 0. The summed E-state index contributed by atoms with van der Waals surface area (Å²) in [6, 6.07) is 0. The maximum absolute atomic E-state index is 4.76. The first-order valence-corrected chi connectivity index (χ1v) is 6.80. The molecule has 1 heteroatoms. The molecule has 1 rings (SSSR count). The Hall–Kier alpha value is -1.11. The van der Waals surface area contributed by atoms with Crippen molar-refractivity contribution in [2.45, 2.75) is 46.0 Å². The third-order valence-electron chi connectivity index (χ3n) is 3.02. The molecule has 0 spiro atoms. The van der Waals surface area contributed by atoms with Crippen LogP contribution in [0.15, 0.2) is 41.4 Å². The Labute approximate surface area is 106 Å². The van der Waals surface area contributed by atoms with Crippen molar-refractivity contribution in [2.24, 2.45) is 10.9 Å². The molecule has 0 bridgehead atoms. The van der Waals surface area contributed by atoms with Crippen LogP contribution in [-0.4, -0.2) is 12.3 Å². The average molecular weight is 231 g/mol. The zero-order chi connectivity index (χ0) is 12.3. The van der Waals surface area contributed by atoms with E-state index in [1.54, 1.807) is 0 Å². The summed E-state index contributed by atoms with van der Waals surface area (Å²) in [6.45, 7) is 5.26. The molecular formula is C16H25N. The van der Waals surface area contributed by atoms with Gasteiger partial charge >= 0.3 is 0 Å². The lowest BCUT2D eigenvalue weighted by Gasteiger charge is -2.10. The van der Waals surface area contributed by atoms with Crippen LogP contribution in [-0.2, 0) is 0 Å². The summed E-state index contributed by atoms with van der Waals surface area (Å²) in [5.74, 6) is 0.486. The van der Waals surface area contributed by atoms with E-state index in [9.17, 15) is 0 Å². The van der Waals surface area contributed by atoms with E-state index in [1.807, 2.05) is 0 Å². The number of aliphatic imine (C=N–C) groups is 1. The van der Waals surface area contributed by atoms with Crippen molar-refractivity contribution in [1.29, 1.82) is 0 Å². The molecule has 1 heterocycles. The van der Waals surface area contributed by atoms with Gasteiger partial charge in [0.25, 0.3) is 0 Å². The van der Waals surface area contributed by atoms with Gasteiger partial charge in [0.15, 0.2) is 0 Å². The molecule has 0 aromatic rings. The van der Waals surface area contributed by atoms with Crippen molar-refractivity contribution < 1.29 is 0 Å². The highest BCUT2D eigenvalue weighted by Crippen LogP contribution is 2.10. The Bertz CT molecular complexity index is 307. The zero-order valence-electron chi connectivity index (χ0n) is 11.2. The van der Waals surface area contributed by atoms with Crippen LogP contribution in [0.4, 0.5) is 0 Å². The van der Waals surface area contributed by atoms with E-state index in [-0.39, 0.29) is 0 Å². The Morgan fingerprint density at radius 3 is 2.41 bits per heavy atom. The molecular weight excluding hydrogens is 206 g/mol. The number of hydrogen-bond donors (Lipinski definition) is 0. The molecule has 1 nitrogen and oxygen atoms in total. The predicted octanol–water partition coefficient (Wildman–Crippen LogP) is 4.72. The van der Waals surface area contributed by atoms with Crippen molar-refractivity contribution in [3.63, 3.8) is 0 Å². The quantitative estimate of drug-likeness (QED) is 0.610. The minimum Gasteiger partial charge on any atom is -0.293 e. The molecule has 1 unspecified atom stereocenters. The van der Waals surface area contributed by atoms with Gasteiger partial charge in [0.05, 0.1) is 0 Å². The Morgan fingerprint density at radius 2 is 1.71 bits per heavy atom. The third-order valence-corrected chi connectivity index (χ3v) is 3.02. The first-order valence-electron chi connectivity index (χ1n) is 6.80. The molecule has 0 N–H and O–H groups in total. The number of nitrogens with zero attached hydrogens (tertiary/aromatic N) is 1. The minimum atomic E-state index is 0.486. The molecule has 0 fully saturated rings. The van der Waals surface area contributed by atoms with Gasteiger partial charge in [0.1, 0.15) is 0 Å². The largest absolute Gasteiger partial charge is 0.293 e. The van der Waals surface area contributed by atoms with Crippen molar-refractivity contribution >= 4 is 5.71 Å². The lowest BCUT2D eigenvalue weighted by Crippen LogP contribution is -2.09. The molecule has 1 aliphatic heterocycles. The van der Waals surface area contributed by atoms with E-state index in [0.29, 0.717) is 5.92 Å². The summed E-state index contributed by atoms with van der Waals surface area (Å²) in [4.78, 5) is 4.76. The SMILES string of the molecule is CC=CC(C)C1=NCCC=CCCC=CCC1. The van der Waals surface area contributed by atoms with Crippen LogP contribution in [0, 0.1) is 5.92 Å². The Kier molecular flexibility index (Phi) is 7.37. The summed E-state index contributed by atoms with van der Waals surface area (Å²) in [5, 5.41) is 0. The molecule has 0 aromatic carbocycles. The molecule has 1 aliphatic rings. The van der Waals surface area contributed by atoms with E-state index in [2.05, 4.69) is 50.3 Å². The number of rotatable bonds is 2. The standard InChI is InChI=1S/C16H25N/c1-3-12-15(2)16-13-10-8-6-4-5-7-9-11-14-17-16/h3,6-9,12,15H,4-5,10-11,13-14H2,1-2H3. The fourth-order valence-corrected chi connectivity index (χ4v) is 2.03. The fourth-order valence-electron chi connectivity index (χ4n) is 2.03. The smallest absolute Gasteiger partial charge is 0.0423 e. The van der Waals surface area contributed by atoms with Crippen molar-refractivity contribution in [3.8, 4) is 0 Å². The summed E-state index contributed by atoms with van der Waals surface area (Å²) in [7, 11) is 0. The third kappa shape index (κ3) is 6.25. The number of hydrogen-bond acceptors (Lipinski definition) is 1. The van der Waals surface area contributed by atoms with E-state index < -0.39 is 0 Å². The Morgan fingerprint density at radius 1 is 1.06 bits per heavy atom. The monoisotopic (exact) mass is 231 g/mol. The fraction of sp³-hybridized carbons (Fsp3) is 0.562. The van der Waals surface area contributed by atoms with Crippen LogP contribution in [0.5, 0.6) is 0 Å². The highest BCUT2D eigenvalue weighted by atomic mass is 14.7. The lowest BCUT2D eigenvalue weighted by molar-refractivity contribution is 0.880. The van der Waals surface area contributed by atoms with Gasteiger partial charge in [-0.05, 0) is 39.0 Å². The maximum atomic E-state index is 4.76. The van der Waals surface area contributed by atoms with E-state index in [0.717, 1.165) is 25.8 Å². The van der Waals surface area contributed by atoms with Gasteiger partial charge in [0, 0.05) is 18.2 Å². The second kappa shape index (κ2) is 8.98. The van der Waals surface area contributed by atoms with Gasteiger partial charge in [-0.15, -0.1) is 0 Å². The van der Waals surface area contributed by atoms with E-state index in [1.165, 1.54) is 18.6 Å². The molecule has 0 aliphatic carbocycles. The summed E-state index contributed by atoms with van der Waals surface area (Å²) in [6.07, 6.45) is 19.1. The highest BCUT2D eigenvalue weighted by Gasteiger charge is 2.05. The minimum absolute atomic E-state index is 0.486. The molecule has 0 amide bonds. The topological polar surface area (TPSA) is 12.4 Å². The molecule has 1 atom stereocenters. The van der Waals surface area contributed by atoms with Crippen LogP contribution >= 0.6 is 0 Å². The first kappa shape index (κ1) is 14.0. The molecule has 0 aromatic heterocycles. The van der Waals surface area contributed by atoms with Crippen molar-refractivity contribution in [2.75, 3.05) is 6.54 Å². The van der Waals surface area contributed by atoms with Crippen LogP contribution in [0.25, 0.3) is 0 Å². The van der Waals surface area contributed by atoms with Gasteiger partial charge < -0.3 is 0 Å². The second-order valence-electron chi connectivity index (χ2n) is 4.54. The molecule has 0 saturated heterocycles. The van der Waals surface area contributed by atoms with E-state index in [4.69, 9.17) is 4.99 Å². The maximum Gasteiger partial charge on any atom is 0.0423 e. The van der Waals surface area contributed by atoms with Gasteiger partial charge in [-0.1, -0.05) is 43.4 Å². The number of allylic oxidation sites excluding steroid dienone is 5. The highest BCUT2D eigenvalue weighted by molar-refractivity contribution is 5.88. The molecule has 0 radical (unpaired) electrons. The molecule has 0 saturated carbocycles. The normalized spacial score (nSPS) is 20.7. The van der Waals surface area contributed by atoms with Crippen LogP contribution in [0.1, 0.15) is 46.0 Å². The van der Waals surface area contributed by atoms with Crippen LogP contribution < -0.4 is 0 Å². The second-order valence-corrected chi connectivity index (χ2v) is 4.54. The van der Waals surface area contributed by atoms with Crippen LogP contribution in [0.3, 0.4) is 0 Å². The van der Waals surface area contributed by atoms with Gasteiger partial charge in [-0.2, -0.15) is 0 Å². The lowest BCUT2D eigenvalue weighted by atomic mass is 10.00. The Balaban J connectivity index is 2.63.